The van der Waals surface area contributed by atoms with Crippen LogP contribution in [0.5, 0.6) is 0 Å². The van der Waals surface area contributed by atoms with Gasteiger partial charge in [-0.15, -0.1) is 0 Å². The molecular formula is C15H22N2. The van der Waals surface area contributed by atoms with E-state index in [0.717, 1.165) is 13.1 Å². The van der Waals surface area contributed by atoms with Gasteiger partial charge in [0.1, 0.15) is 0 Å². The molecule has 1 aliphatic carbocycles. The molecule has 1 aromatic carbocycles. The van der Waals surface area contributed by atoms with E-state index < -0.39 is 0 Å². The van der Waals surface area contributed by atoms with Gasteiger partial charge in [-0.3, -0.25) is 0 Å². The molecular weight excluding hydrogens is 208 g/mol. The molecule has 1 aromatic rings. The van der Waals surface area contributed by atoms with E-state index in [9.17, 15) is 0 Å². The normalized spacial score (nSPS) is 28.8. The van der Waals surface area contributed by atoms with Gasteiger partial charge >= 0.3 is 0 Å². The van der Waals surface area contributed by atoms with Crippen molar-refractivity contribution in [1.29, 1.82) is 0 Å². The lowest BCUT2D eigenvalue weighted by Gasteiger charge is -2.32. The predicted octanol–water partition coefficient (Wildman–Crippen LogP) is 2.19. The molecule has 3 rings (SSSR count). The van der Waals surface area contributed by atoms with Gasteiger partial charge in [-0.2, -0.15) is 0 Å². The molecule has 1 heterocycles. The van der Waals surface area contributed by atoms with Crippen molar-refractivity contribution in [1.82, 2.24) is 10.6 Å². The summed E-state index contributed by atoms with van der Waals surface area (Å²) < 4.78 is 0. The van der Waals surface area contributed by atoms with Crippen LogP contribution in [0.15, 0.2) is 18.2 Å². The number of rotatable bonds is 1. The maximum Gasteiger partial charge on any atom is 0.0473 e. The van der Waals surface area contributed by atoms with Crippen molar-refractivity contribution >= 4 is 0 Å². The van der Waals surface area contributed by atoms with Crippen LogP contribution in [0.4, 0.5) is 0 Å². The molecule has 2 N–H and O–H groups in total. The quantitative estimate of drug-likeness (QED) is 0.773. The lowest BCUT2D eigenvalue weighted by molar-refractivity contribution is 0.345. The van der Waals surface area contributed by atoms with Crippen LogP contribution in [-0.2, 0) is 12.8 Å². The maximum atomic E-state index is 3.63. The average Bonchev–Trinajstić information content (AvgIpc) is 2.39. The van der Waals surface area contributed by atoms with E-state index in [-0.39, 0.29) is 0 Å². The first kappa shape index (κ1) is 11.2. The van der Waals surface area contributed by atoms with Gasteiger partial charge in [-0.05, 0) is 49.3 Å². The molecule has 2 nitrogen and oxygen atoms in total. The Labute approximate surface area is 104 Å². The molecule has 1 fully saturated rings. The van der Waals surface area contributed by atoms with Crippen LogP contribution in [0.2, 0.25) is 0 Å². The van der Waals surface area contributed by atoms with Crippen LogP contribution in [-0.4, -0.2) is 19.1 Å². The smallest absolute Gasteiger partial charge is 0.0473 e. The first-order valence-electron chi connectivity index (χ1n) is 6.93. The molecule has 0 radical (unpaired) electrons. The number of aryl methyl sites for hydroxylation is 2. The number of hydrogen-bond acceptors (Lipinski definition) is 2. The van der Waals surface area contributed by atoms with E-state index in [0.29, 0.717) is 12.1 Å². The minimum Gasteiger partial charge on any atom is -0.311 e. The monoisotopic (exact) mass is 230 g/mol. The van der Waals surface area contributed by atoms with Crippen molar-refractivity contribution in [2.24, 2.45) is 0 Å². The zero-order chi connectivity index (χ0) is 11.7. The van der Waals surface area contributed by atoms with E-state index in [4.69, 9.17) is 0 Å². The fourth-order valence-corrected chi connectivity index (χ4v) is 3.18. The van der Waals surface area contributed by atoms with E-state index in [1.165, 1.54) is 31.2 Å². The van der Waals surface area contributed by atoms with Gasteiger partial charge in [0.05, 0.1) is 0 Å². The molecule has 1 saturated heterocycles. The van der Waals surface area contributed by atoms with Crippen molar-refractivity contribution in [2.75, 3.05) is 13.1 Å². The Balaban J connectivity index is 1.87. The Morgan fingerprint density at radius 1 is 1.00 bits per heavy atom. The summed E-state index contributed by atoms with van der Waals surface area (Å²) in [5, 5.41) is 7.18. The molecule has 0 aromatic heterocycles. The first-order chi connectivity index (χ1) is 8.34. The lowest BCUT2D eigenvalue weighted by atomic mass is 9.88. The van der Waals surface area contributed by atoms with Crippen LogP contribution in [0.1, 0.15) is 42.5 Å². The topological polar surface area (TPSA) is 24.1 Å². The second-order valence-corrected chi connectivity index (χ2v) is 5.41. The Kier molecular flexibility index (Phi) is 3.17. The highest BCUT2D eigenvalue weighted by molar-refractivity contribution is 5.35. The van der Waals surface area contributed by atoms with Crippen molar-refractivity contribution < 1.29 is 0 Å². The Hall–Kier alpha value is -0.860. The standard InChI is InChI=1S/C15H22N2/c1-11-15(17-9-8-16-11)14-7-6-12-4-2-3-5-13(12)10-14/h6-7,10-11,15-17H,2-5,8-9H2,1H3. The number of piperazine rings is 1. The highest BCUT2D eigenvalue weighted by Gasteiger charge is 2.22. The third-order valence-electron chi connectivity index (χ3n) is 4.19. The van der Waals surface area contributed by atoms with E-state index >= 15 is 0 Å². The average molecular weight is 230 g/mol. The molecule has 2 aliphatic rings. The molecule has 0 bridgehead atoms. The summed E-state index contributed by atoms with van der Waals surface area (Å²) >= 11 is 0. The molecule has 1 aliphatic heterocycles. The molecule has 0 spiro atoms. The maximum absolute atomic E-state index is 3.63. The Morgan fingerprint density at radius 3 is 2.59 bits per heavy atom. The third-order valence-corrected chi connectivity index (χ3v) is 4.19. The van der Waals surface area contributed by atoms with E-state index in [1.54, 1.807) is 11.1 Å². The van der Waals surface area contributed by atoms with Crippen LogP contribution in [0, 0.1) is 0 Å². The van der Waals surface area contributed by atoms with Gasteiger partial charge in [0.25, 0.3) is 0 Å². The summed E-state index contributed by atoms with van der Waals surface area (Å²) in [4.78, 5) is 0. The number of fused-ring (bicyclic) bond motifs is 1. The summed E-state index contributed by atoms with van der Waals surface area (Å²) in [6.07, 6.45) is 5.29. The molecule has 2 heteroatoms. The van der Waals surface area contributed by atoms with Crippen molar-refractivity contribution in [3.05, 3.63) is 34.9 Å². The zero-order valence-electron chi connectivity index (χ0n) is 10.6. The minimum atomic E-state index is 0.482. The largest absolute Gasteiger partial charge is 0.311 e. The van der Waals surface area contributed by atoms with Crippen LogP contribution in [0.3, 0.4) is 0 Å². The van der Waals surface area contributed by atoms with Crippen molar-refractivity contribution in [3.63, 3.8) is 0 Å². The molecule has 2 unspecified atom stereocenters. The van der Waals surface area contributed by atoms with Gasteiger partial charge in [0, 0.05) is 25.2 Å². The summed E-state index contributed by atoms with van der Waals surface area (Å²) in [6.45, 7) is 4.44. The molecule has 0 saturated carbocycles. The van der Waals surface area contributed by atoms with Crippen LogP contribution >= 0.6 is 0 Å². The van der Waals surface area contributed by atoms with Gasteiger partial charge in [0.2, 0.25) is 0 Å². The lowest BCUT2D eigenvalue weighted by Crippen LogP contribution is -2.49. The van der Waals surface area contributed by atoms with Crippen molar-refractivity contribution in [2.45, 2.75) is 44.7 Å². The predicted molar refractivity (Wildman–Crippen MR) is 71.3 cm³/mol. The SMILES string of the molecule is CC1NCCNC1c1ccc2c(c1)CCCC2. The van der Waals surface area contributed by atoms with Crippen molar-refractivity contribution in [3.8, 4) is 0 Å². The molecule has 0 amide bonds. The summed E-state index contributed by atoms with van der Waals surface area (Å²) in [7, 11) is 0. The third kappa shape index (κ3) is 2.24. The number of hydrogen-bond donors (Lipinski definition) is 2. The van der Waals surface area contributed by atoms with Gasteiger partial charge in [0.15, 0.2) is 0 Å². The highest BCUT2D eigenvalue weighted by Crippen LogP contribution is 2.26. The molecule has 17 heavy (non-hydrogen) atoms. The summed E-state index contributed by atoms with van der Waals surface area (Å²) in [6, 6.07) is 8.13. The van der Waals surface area contributed by atoms with E-state index in [2.05, 4.69) is 35.8 Å². The van der Waals surface area contributed by atoms with E-state index in [1.807, 2.05) is 0 Å². The molecule has 2 atom stereocenters. The first-order valence-corrected chi connectivity index (χ1v) is 6.93. The second kappa shape index (κ2) is 4.79. The fourth-order valence-electron chi connectivity index (χ4n) is 3.18. The Bertz CT molecular complexity index is 400. The number of benzene rings is 1. The van der Waals surface area contributed by atoms with Crippen LogP contribution in [0.25, 0.3) is 0 Å². The van der Waals surface area contributed by atoms with Crippen LogP contribution < -0.4 is 10.6 Å². The fraction of sp³-hybridized carbons (Fsp3) is 0.600. The minimum absolute atomic E-state index is 0.482. The summed E-state index contributed by atoms with van der Waals surface area (Å²) in [5.74, 6) is 0. The molecule has 92 valence electrons. The summed E-state index contributed by atoms with van der Waals surface area (Å²) in [5.41, 5.74) is 4.63. The van der Waals surface area contributed by atoms with Gasteiger partial charge in [-0.25, -0.2) is 0 Å². The van der Waals surface area contributed by atoms with Gasteiger partial charge < -0.3 is 10.6 Å². The zero-order valence-corrected chi connectivity index (χ0v) is 10.6. The number of nitrogens with one attached hydrogen (secondary N) is 2. The van der Waals surface area contributed by atoms with Gasteiger partial charge in [-0.1, -0.05) is 18.2 Å². The Morgan fingerprint density at radius 2 is 1.76 bits per heavy atom. The second-order valence-electron chi connectivity index (χ2n) is 5.41. The highest BCUT2D eigenvalue weighted by atomic mass is 15.1.